The second kappa shape index (κ2) is 10.4. The zero-order valence-corrected chi connectivity index (χ0v) is 18.8. The van der Waals surface area contributed by atoms with E-state index in [1.165, 1.54) is 0 Å². The molecule has 2 rings (SSSR count). The number of carbonyl (C=O) groups excluding carboxylic acids is 2. The van der Waals surface area contributed by atoms with Crippen LogP contribution in [-0.4, -0.2) is 23.5 Å². The van der Waals surface area contributed by atoms with Gasteiger partial charge in [-0.05, 0) is 63.1 Å². The van der Waals surface area contributed by atoms with Gasteiger partial charge in [-0.2, -0.15) is 0 Å². The summed E-state index contributed by atoms with van der Waals surface area (Å²) in [5.74, 6) is -0.885. The van der Waals surface area contributed by atoms with E-state index in [9.17, 15) is 9.59 Å². The number of esters is 1. The van der Waals surface area contributed by atoms with E-state index in [1.54, 1.807) is 0 Å². The molecule has 0 fully saturated rings. The maximum Gasteiger partial charge on any atom is 0.329 e. The monoisotopic (exact) mass is 408 g/mol. The van der Waals surface area contributed by atoms with Crippen LogP contribution in [0.25, 0.3) is 11.1 Å². The fraction of sp³-hybridized carbons (Fsp3) is 0.423. The Morgan fingerprint density at radius 3 is 2.07 bits per heavy atom. The van der Waals surface area contributed by atoms with Crippen LogP contribution in [-0.2, 0) is 20.7 Å². The Morgan fingerprint density at radius 1 is 0.967 bits per heavy atom. The van der Waals surface area contributed by atoms with Crippen LogP contribution in [0.15, 0.2) is 54.6 Å². The second-order valence-corrected chi connectivity index (χ2v) is 9.19. The molecule has 0 bridgehead atoms. The Kier molecular flexibility index (Phi) is 8.22. The van der Waals surface area contributed by atoms with E-state index in [2.05, 4.69) is 36.5 Å². The fourth-order valence-electron chi connectivity index (χ4n) is 3.19. The second-order valence-electron chi connectivity index (χ2n) is 9.19. The molecule has 0 aliphatic heterocycles. The summed E-state index contributed by atoms with van der Waals surface area (Å²) in [7, 11) is 0. The third kappa shape index (κ3) is 7.66. The van der Waals surface area contributed by atoms with Crippen LogP contribution in [0.1, 0.15) is 46.6 Å². The quantitative estimate of drug-likeness (QED) is 0.609. The van der Waals surface area contributed by atoms with Crippen LogP contribution < -0.4 is 5.32 Å². The van der Waals surface area contributed by atoms with Gasteiger partial charge in [0.15, 0.2) is 0 Å². The predicted molar refractivity (Wildman–Crippen MR) is 122 cm³/mol. The summed E-state index contributed by atoms with van der Waals surface area (Å²) < 4.78 is 5.48. The minimum atomic E-state index is -0.665. The molecule has 0 aliphatic carbocycles. The molecule has 4 nitrogen and oxygen atoms in total. The summed E-state index contributed by atoms with van der Waals surface area (Å²) in [5.41, 5.74) is 2.72. The molecule has 0 unspecified atom stereocenters. The van der Waals surface area contributed by atoms with E-state index in [4.69, 9.17) is 4.74 Å². The van der Waals surface area contributed by atoms with Gasteiger partial charge in [0.05, 0.1) is 0 Å². The lowest BCUT2D eigenvalue weighted by atomic mass is 9.96. The molecule has 0 aliphatic rings. The molecular weight excluding hydrogens is 374 g/mol. The molecule has 1 radical (unpaired) electrons. The first-order valence-corrected chi connectivity index (χ1v) is 10.6. The van der Waals surface area contributed by atoms with Crippen molar-refractivity contribution in [3.63, 3.8) is 0 Å². The lowest BCUT2D eigenvalue weighted by Crippen LogP contribution is -2.46. The van der Waals surface area contributed by atoms with Gasteiger partial charge in [-0.15, -0.1) is 0 Å². The summed E-state index contributed by atoms with van der Waals surface area (Å²) in [5, 5.41) is 2.85. The van der Waals surface area contributed by atoms with Crippen LogP contribution >= 0.6 is 0 Å². The lowest BCUT2D eigenvalue weighted by Gasteiger charge is -2.26. The predicted octanol–water partition coefficient (Wildman–Crippen LogP) is 5.22. The molecule has 0 aromatic heterocycles. The van der Waals surface area contributed by atoms with Crippen LogP contribution in [0.4, 0.5) is 0 Å². The van der Waals surface area contributed by atoms with Gasteiger partial charge in [0.1, 0.15) is 11.6 Å². The molecule has 0 heterocycles. The van der Waals surface area contributed by atoms with Crippen molar-refractivity contribution < 1.29 is 14.3 Å². The van der Waals surface area contributed by atoms with Crippen LogP contribution in [0.2, 0.25) is 0 Å². The largest absolute Gasteiger partial charge is 0.458 e. The Labute approximate surface area is 181 Å². The van der Waals surface area contributed by atoms with Gasteiger partial charge in [-0.25, -0.2) is 4.79 Å². The van der Waals surface area contributed by atoms with E-state index < -0.39 is 23.5 Å². The molecule has 161 valence electrons. The number of hydrogen-bond donors (Lipinski definition) is 1. The molecule has 0 saturated carbocycles. The number of rotatable bonds is 8. The number of nitrogens with one attached hydrogen (secondary N) is 1. The SMILES string of the molecule is [CH2][C@@H](Cc1ccc(-c2ccccc2)cc1)C(=O)N[C@@H](CC(C)C)C(=O)OC(C)(C)C. The van der Waals surface area contributed by atoms with Crippen molar-refractivity contribution in [2.24, 2.45) is 11.8 Å². The van der Waals surface area contributed by atoms with E-state index in [0.29, 0.717) is 12.8 Å². The molecule has 2 atom stereocenters. The van der Waals surface area contributed by atoms with Crippen LogP contribution in [0.5, 0.6) is 0 Å². The topological polar surface area (TPSA) is 55.4 Å². The molecular formula is C26H34NO3. The van der Waals surface area contributed by atoms with Crippen molar-refractivity contribution in [1.29, 1.82) is 0 Å². The highest BCUT2D eigenvalue weighted by atomic mass is 16.6. The fourth-order valence-corrected chi connectivity index (χ4v) is 3.19. The average Bonchev–Trinajstić information content (AvgIpc) is 2.67. The standard InChI is InChI=1S/C26H34NO3/c1-18(2)16-23(25(29)30-26(4,5)6)27-24(28)19(3)17-20-12-14-22(15-13-20)21-10-8-7-9-11-21/h7-15,18-19,23H,3,16-17H2,1-2,4-6H3,(H,27,28)/t19-,23-/m0/s1. The number of carbonyl (C=O) groups is 2. The van der Waals surface area contributed by atoms with Crippen molar-refractivity contribution in [1.82, 2.24) is 5.32 Å². The van der Waals surface area contributed by atoms with Gasteiger partial charge >= 0.3 is 5.97 Å². The molecule has 0 saturated heterocycles. The number of amides is 1. The highest BCUT2D eigenvalue weighted by Gasteiger charge is 2.28. The van der Waals surface area contributed by atoms with Gasteiger partial charge in [0, 0.05) is 5.92 Å². The number of benzene rings is 2. The van der Waals surface area contributed by atoms with E-state index >= 15 is 0 Å². The summed E-state index contributed by atoms with van der Waals surface area (Å²) in [6.07, 6.45) is 1.03. The third-order valence-corrected chi connectivity index (χ3v) is 4.63. The van der Waals surface area contributed by atoms with E-state index in [-0.39, 0.29) is 11.8 Å². The molecule has 2 aromatic rings. The molecule has 1 amide bonds. The molecule has 2 aromatic carbocycles. The normalized spacial score (nSPS) is 13.6. The lowest BCUT2D eigenvalue weighted by molar-refractivity contribution is -0.159. The van der Waals surface area contributed by atoms with Gasteiger partial charge in [0.25, 0.3) is 0 Å². The Bertz CT molecular complexity index is 820. The van der Waals surface area contributed by atoms with E-state index in [1.807, 2.05) is 65.0 Å². The first-order valence-electron chi connectivity index (χ1n) is 10.6. The van der Waals surface area contributed by atoms with Crippen molar-refractivity contribution in [2.75, 3.05) is 0 Å². The molecule has 1 N–H and O–H groups in total. The van der Waals surface area contributed by atoms with Crippen molar-refractivity contribution in [3.8, 4) is 11.1 Å². The zero-order chi connectivity index (χ0) is 22.3. The zero-order valence-electron chi connectivity index (χ0n) is 18.8. The minimum absolute atomic E-state index is 0.237. The summed E-state index contributed by atoms with van der Waals surface area (Å²) in [6, 6.07) is 17.6. The Morgan fingerprint density at radius 2 is 1.53 bits per heavy atom. The summed E-state index contributed by atoms with van der Waals surface area (Å²) in [6.45, 7) is 13.5. The Balaban J connectivity index is 2.00. The Hall–Kier alpha value is -2.62. The first kappa shape index (κ1) is 23.7. The maximum absolute atomic E-state index is 12.7. The van der Waals surface area contributed by atoms with Crippen molar-refractivity contribution in [3.05, 3.63) is 67.1 Å². The highest BCUT2D eigenvalue weighted by molar-refractivity contribution is 5.86. The molecule has 30 heavy (non-hydrogen) atoms. The average molecular weight is 409 g/mol. The molecule has 0 spiro atoms. The first-order chi connectivity index (χ1) is 14.0. The maximum atomic E-state index is 12.7. The molecule has 4 heteroatoms. The number of hydrogen-bond acceptors (Lipinski definition) is 3. The highest BCUT2D eigenvalue weighted by Crippen LogP contribution is 2.20. The summed E-state index contributed by atoms with van der Waals surface area (Å²) >= 11 is 0. The van der Waals surface area contributed by atoms with Gasteiger partial charge in [0.2, 0.25) is 5.91 Å². The van der Waals surface area contributed by atoms with Crippen LogP contribution in [0.3, 0.4) is 0 Å². The third-order valence-electron chi connectivity index (χ3n) is 4.63. The van der Waals surface area contributed by atoms with Gasteiger partial charge in [-0.1, -0.05) is 68.4 Å². The summed E-state index contributed by atoms with van der Waals surface area (Å²) in [4.78, 5) is 25.2. The van der Waals surface area contributed by atoms with E-state index in [0.717, 1.165) is 16.7 Å². The number of ether oxygens (including phenoxy) is 1. The van der Waals surface area contributed by atoms with Crippen LogP contribution in [0, 0.1) is 18.8 Å². The van der Waals surface area contributed by atoms with Crippen molar-refractivity contribution in [2.45, 2.75) is 59.1 Å². The van der Waals surface area contributed by atoms with Gasteiger partial charge in [-0.3, -0.25) is 4.79 Å². The smallest absolute Gasteiger partial charge is 0.329 e. The van der Waals surface area contributed by atoms with Crippen molar-refractivity contribution >= 4 is 11.9 Å². The minimum Gasteiger partial charge on any atom is -0.458 e. The van der Waals surface area contributed by atoms with Gasteiger partial charge < -0.3 is 10.1 Å².